The van der Waals surface area contributed by atoms with Crippen LogP contribution in [0.1, 0.15) is 32.1 Å². The maximum atomic E-state index is 3.44. The van der Waals surface area contributed by atoms with Gasteiger partial charge in [-0.1, -0.05) is 19.3 Å². The van der Waals surface area contributed by atoms with Gasteiger partial charge in [-0.3, -0.25) is 0 Å². The van der Waals surface area contributed by atoms with Crippen molar-refractivity contribution in [3.63, 3.8) is 0 Å². The summed E-state index contributed by atoms with van der Waals surface area (Å²) in [5.74, 6) is 1.10. The highest BCUT2D eigenvalue weighted by molar-refractivity contribution is 5.85. The second kappa shape index (κ2) is 3.59. The van der Waals surface area contributed by atoms with Gasteiger partial charge in [-0.2, -0.15) is 0 Å². The number of nitrogens with one attached hydrogen (secondary N) is 1. The average molecular weight is 162 g/mol. The minimum atomic E-state index is 0. The Bertz CT molecular complexity index is 85.4. The third-order valence-corrected chi connectivity index (χ3v) is 2.77. The number of hydrogen-bond acceptors (Lipinski definition) is 1. The Morgan fingerprint density at radius 1 is 1.20 bits per heavy atom. The smallest absolute Gasteiger partial charge is 0.00817 e. The average Bonchev–Trinajstić information content (AvgIpc) is 1.57. The number of halogens is 1. The zero-order valence-electron chi connectivity index (χ0n) is 6.31. The molecule has 0 amide bonds. The third-order valence-electron chi connectivity index (χ3n) is 2.77. The van der Waals surface area contributed by atoms with Crippen LogP contribution in [0.4, 0.5) is 0 Å². The van der Waals surface area contributed by atoms with Gasteiger partial charge in [0.25, 0.3) is 0 Å². The topological polar surface area (TPSA) is 12.0 Å². The molecule has 2 rings (SSSR count). The van der Waals surface area contributed by atoms with E-state index >= 15 is 0 Å². The van der Waals surface area contributed by atoms with Crippen molar-refractivity contribution in [3.05, 3.63) is 0 Å². The van der Waals surface area contributed by atoms with Crippen molar-refractivity contribution in [1.29, 1.82) is 0 Å². The molecular weight excluding hydrogens is 146 g/mol. The van der Waals surface area contributed by atoms with Gasteiger partial charge >= 0.3 is 0 Å². The van der Waals surface area contributed by atoms with Crippen LogP contribution >= 0.6 is 12.4 Å². The van der Waals surface area contributed by atoms with E-state index in [9.17, 15) is 0 Å². The summed E-state index contributed by atoms with van der Waals surface area (Å²) in [4.78, 5) is 0. The van der Waals surface area contributed by atoms with Crippen LogP contribution in [0.25, 0.3) is 0 Å². The molecular formula is C8H16ClN. The molecule has 60 valence electrons. The number of rotatable bonds is 2. The van der Waals surface area contributed by atoms with E-state index in [2.05, 4.69) is 5.32 Å². The highest BCUT2D eigenvalue weighted by Gasteiger charge is 2.24. The van der Waals surface area contributed by atoms with Gasteiger partial charge in [-0.05, 0) is 25.3 Å². The first kappa shape index (κ1) is 8.35. The standard InChI is InChI=1S/C8H15N.ClH/c1-2-7(3-1)6-8-4-5-9-8;/h7-9H,1-6H2;1H. The van der Waals surface area contributed by atoms with Gasteiger partial charge in [0.15, 0.2) is 0 Å². The monoisotopic (exact) mass is 161 g/mol. The molecule has 0 spiro atoms. The van der Waals surface area contributed by atoms with Gasteiger partial charge in [0, 0.05) is 6.04 Å². The summed E-state index contributed by atoms with van der Waals surface area (Å²) < 4.78 is 0. The molecule has 1 unspecified atom stereocenters. The van der Waals surface area contributed by atoms with E-state index in [0.29, 0.717) is 0 Å². The molecule has 1 aliphatic heterocycles. The SMILES string of the molecule is C1CC(CC2CCN2)C1.Cl. The van der Waals surface area contributed by atoms with E-state index < -0.39 is 0 Å². The molecule has 10 heavy (non-hydrogen) atoms. The molecule has 1 heterocycles. The minimum absolute atomic E-state index is 0. The molecule has 0 aromatic rings. The molecule has 0 bridgehead atoms. The maximum Gasteiger partial charge on any atom is 0.00817 e. The quantitative estimate of drug-likeness (QED) is 0.653. The molecule has 0 radical (unpaired) electrons. The van der Waals surface area contributed by atoms with Gasteiger partial charge in [0.05, 0.1) is 0 Å². The van der Waals surface area contributed by atoms with Crippen molar-refractivity contribution in [1.82, 2.24) is 5.32 Å². The normalized spacial score (nSPS) is 31.8. The van der Waals surface area contributed by atoms with Gasteiger partial charge in [-0.25, -0.2) is 0 Å². The summed E-state index contributed by atoms with van der Waals surface area (Å²) in [5, 5.41) is 3.44. The summed E-state index contributed by atoms with van der Waals surface area (Å²) in [5.41, 5.74) is 0. The van der Waals surface area contributed by atoms with Crippen molar-refractivity contribution < 1.29 is 0 Å². The van der Waals surface area contributed by atoms with Gasteiger partial charge in [0.1, 0.15) is 0 Å². The Balaban J connectivity index is 0.000000500. The fraction of sp³-hybridized carbons (Fsp3) is 1.00. The summed E-state index contributed by atoms with van der Waals surface area (Å²) in [6.45, 7) is 1.28. The maximum absolute atomic E-state index is 3.44. The molecule has 1 nitrogen and oxygen atoms in total. The van der Waals surface area contributed by atoms with Crippen molar-refractivity contribution in [3.8, 4) is 0 Å². The van der Waals surface area contributed by atoms with Crippen molar-refractivity contribution in [2.75, 3.05) is 6.54 Å². The molecule has 0 aromatic carbocycles. The molecule has 2 fully saturated rings. The van der Waals surface area contributed by atoms with Crippen LogP contribution in [0.3, 0.4) is 0 Å². The lowest BCUT2D eigenvalue weighted by Crippen LogP contribution is -2.44. The second-order valence-electron chi connectivity index (χ2n) is 3.47. The van der Waals surface area contributed by atoms with Crippen LogP contribution in [0.5, 0.6) is 0 Å². The fourth-order valence-electron chi connectivity index (χ4n) is 1.68. The van der Waals surface area contributed by atoms with E-state index in [1.807, 2.05) is 0 Å². The first-order chi connectivity index (χ1) is 4.45. The van der Waals surface area contributed by atoms with Gasteiger partial charge in [0.2, 0.25) is 0 Å². The molecule has 2 heteroatoms. The summed E-state index contributed by atoms with van der Waals surface area (Å²) >= 11 is 0. The summed E-state index contributed by atoms with van der Waals surface area (Å²) in [7, 11) is 0. The molecule has 2 aliphatic rings. The van der Waals surface area contributed by atoms with Crippen LogP contribution in [0.15, 0.2) is 0 Å². The van der Waals surface area contributed by atoms with Crippen LogP contribution < -0.4 is 5.32 Å². The highest BCUT2D eigenvalue weighted by atomic mass is 35.5. The molecule has 0 aromatic heterocycles. The molecule has 1 atom stereocenters. The van der Waals surface area contributed by atoms with E-state index in [-0.39, 0.29) is 12.4 Å². The van der Waals surface area contributed by atoms with E-state index in [1.54, 1.807) is 0 Å². The van der Waals surface area contributed by atoms with Gasteiger partial charge in [-0.15, -0.1) is 12.4 Å². The number of hydrogen-bond donors (Lipinski definition) is 1. The first-order valence-electron chi connectivity index (χ1n) is 4.18. The third kappa shape index (κ3) is 1.64. The van der Waals surface area contributed by atoms with Crippen LogP contribution in [-0.2, 0) is 0 Å². The van der Waals surface area contributed by atoms with Crippen LogP contribution in [0, 0.1) is 5.92 Å². The van der Waals surface area contributed by atoms with Crippen molar-refractivity contribution in [2.45, 2.75) is 38.1 Å². The van der Waals surface area contributed by atoms with Gasteiger partial charge < -0.3 is 5.32 Å². The lowest BCUT2D eigenvalue weighted by molar-refractivity contribution is 0.223. The Morgan fingerprint density at radius 2 is 1.90 bits per heavy atom. The molecule has 1 aliphatic carbocycles. The van der Waals surface area contributed by atoms with E-state index in [1.165, 1.54) is 38.6 Å². The van der Waals surface area contributed by atoms with Crippen molar-refractivity contribution in [2.24, 2.45) is 5.92 Å². The molecule has 1 saturated carbocycles. The summed E-state index contributed by atoms with van der Waals surface area (Å²) in [6.07, 6.45) is 7.43. The largest absolute Gasteiger partial charge is 0.314 e. The van der Waals surface area contributed by atoms with Crippen LogP contribution in [-0.4, -0.2) is 12.6 Å². The predicted molar refractivity (Wildman–Crippen MR) is 45.6 cm³/mol. The highest BCUT2D eigenvalue weighted by Crippen LogP contribution is 2.31. The zero-order chi connectivity index (χ0) is 6.10. The van der Waals surface area contributed by atoms with Crippen molar-refractivity contribution >= 4 is 12.4 Å². The summed E-state index contributed by atoms with van der Waals surface area (Å²) in [6, 6.07) is 0.912. The Labute approximate surface area is 69.0 Å². The zero-order valence-corrected chi connectivity index (χ0v) is 7.12. The second-order valence-corrected chi connectivity index (χ2v) is 3.47. The fourth-order valence-corrected chi connectivity index (χ4v) is 1.68. The lowest BCUT2D eigenvalue weighted by Gasteiger charge is -2.34. The first-order valence-corrected chi connectivity index (χ1v) is 4.18. The Hall–Kier alpha value is 0.250. The minimum Gasteiger partial charge on any atom is -0.314 e. The van der Waals surface area contributed by atoms with E-state index in [0.717, 1.165) is 12.0 Å². The predicted octanol–water partition coefficient (Wildman–Crippen LogP) is 1.96. The lowest BCUT2D eigenvalue weighted by atomic mass is 9.79. The molecule has 1 N–H and O–H groups in total. The Morgan fingerprint density at radius 3 is 2.20 bits per heavy atom. The van der Waals surface area contributed by atoms with Crippen LogP contribution in [0.2, 0.25) is 0 Å². The van der Waals surface area contributed by atoms with E-state index in [4.69, 9.17) is 0 Å². The Kier molecular flexibility index (Phi) is 2.99. The molecule has 1 saturated heterocycles.